The van der Waals surface area contributed by atoms with Gasteiger partial charge in [0.15, 0.2) is 5.82 Å². The predicted molar refractivity (Wildman–Crippen MR) is 66.9 cm³/mol. The minimum absolute atomic E-state index is 0.239. The molecular formula is C13H16FN3O2. The van der Waals surface area contributed by atoms with Crippen molar-refractivity contribution >= 4 is 0 Å². The van der Waals surface area contributed by atoms with Crippen molar-refractivity contribution in [3.8, 4) is 0 Å². The Labute approximate surface area is 110 Å². The molecule has 0 aliphatic carbocycles. The minimum Gasteiger partial charge on any atom is -0.382 e. The van der Waals surface area contributed by atoms with E-state index < -0.39 is 5.54 Å². The molecule has 2 aromatic rings. The number of benzene rings is 1. The lowest BCUT2D eigenvalue weighted by Crippen LogP contribution is -2.39. The zero-order valence-corrected chi connectivity index (χ0v) is 10.9. The van der Waals surface area contributed by atoms with Crippen molar-refractivity contribution in [1.29, 1.82) is 0 Å². The largest absolute Gasteiger partial charge is 0.382 e. The van der Waals surface area contributed by atoms with Gasteiger partial charge < -0.3 is 15.0 Å². The highest BCUT2D eigenvalue weighted by Gasteiger charge is 2.27. The number of halogens is 1. The van der Waals surface area contributed by atoms with E-state index in [4.69, 9.17) is 15.0 Å². The van der Waals surface area contributed by atoms with Gasteiger partial charge >= 0.3 is 0 Å². The Morgan fingerprint density at radius 3 is 2.84 bits per heavy atom. The molecule has 0 aliphatic heterocycles. The van der Waals surface area contributed by atoms with Crippen LogP contribution in [0.4, 0.5) is 4.39 Å². The van der Waals surface area contributed by atoms with Crippen molar-refractivity contribution in [2.75, 3.05) is 13.7 Å². The summed E-state index contributed by atoms with van der Waals surface area (Å²) in [5.74, 6) is 0.378. The van der Waals surface area contributed by atoms with Gasteiger partial charge in [0.25, 0.3) is 0 Å². The maximum absolute atomic E-state index is 13.5. The number of hydrogen-bond donors (Lipinski definition) is 1. The van der Waals surface area contributed by atoms with Gasteiger partial charge in [0.05, 0.1) is 13.0 Å². The van der Waals surface area contributed by atoms with Gasteiger partial charge in [-0.3, -0.25) is 0 Å². The number of hydrogen-bond acceptors (Lipinski definition) is 5. The topological polar surface area (TPSA) is 74.2 Å². The van der Waals surface area contributed by atoms with Crippen LogP contribution in [0.5, 0.6) is 0 Å². The van der Waals surface area contributed by atoms with E-state index in [1.165, 1.54) is 6.07 Å². The van der Waals surface area contributed by atoms with Crippen molar-refractivity contribution in [2.45, 2.75) is 18.9 Å². The van der Waals surface area contributed by atoms with Crippen molar-refractivity contribution in [1.82, 2.24) is 10.1 Å². The Bertz CT molecular complexity index is 554. The van der Waals surface area contributed by atoms with Gasteiger partial charge in [0.2, 0.25) is 5.89 Å². The maximum atomic E-state index is 13.5. The standard InChI is InChI=1S/C13H16FN3O2/c1-13(15,8-18-2)12-16-11(19-17-12)7-9-5-3-4-6-10(9)14/h3-6H,7-8,15H2,1-2H3. The molecule has 0 fully saturated rings. The first kappa shape index (κ1) is 13.6. The molecule has 1 unspecified atom stereocenters. The van der Waals surface area contributed by atoms with Crippen molar-refractivity contribution in [3.63, 3.8) is 0 Å². The maximum Gasteiger partial charge on any atom is 0.231 e. The number of rotatable bonds is 5. The predicted octanol–water partition coefficient (Wildman–Crippen LogP) is 1.62. The molecule has 2 rings (SSSR count). The van der Waals surface area contributed by atoms with Crippen LogP contribution in [0, 0.1) is 5.82 Å². The summed E-state index contributed by atoms with van der Waals surface area (Å²) in [7, 11) is 1.55. The molecule has 1 aromatic heterocycles. The van der Waals surface area contributed by atoms with Crippen LogP contribution in [0.1, 0.15) is 24.2 Å². The molecule has 6 heteroatoms. The summed E-state index contributed by atoms with van der Waals surface area (Å²) in [4.78, 5) is 4.19. The van der Waals surface area contributed by atoms with Crippen LogP contribution >= 0.6 is 0 Å². The monoisotopic (exact) mass is 265 g/mol. The van der Waals surface area contributed by atoms with E-state index in [9.17, 15) is 4.39 Å². The summed E-state index contributed by atoms with van der Waals surface area (Å²) in [5, 5.41) is 3.82. The van der Waals surface area contributed by atoms with E-state index in [0.29, 0.717) is 17.3 Å². The summed E-state index contributed by atoms with van der Waals surface area (Å²) in [6.45, 7) is 2.01. The molecule has 0 radical (unpaired) electrons. The Morgan fingerprint density at radius 1 is 1.42 bits per heavy atom. The average Bonchev–Trinajstić information content (AvgIpc) is 2.81. The molecule has 5 nitrogen and oxygen atoms in total. The number of methoxy groups -OCH3 is 1. The second-order valence-corrected chi connectivity index (χ2v) is 4.63. The fourth-order valence-electron chi connectivity index (χ4n) is 1.73. The summed E-state index contributed by atoms with van der Waals surface area (Å²) < 4.78 is 23.6. The van der Waals surface area contributed by atoms with E-state index in [2.05, 4.69) is 10.1 Å². The molecule has 1 aromatic carbocycles. The highest BCUT2D eigenvalue weighted by atomic mass is 19.1. The second kappa shape index (κ2) is 5.46. The van der Waals surface area contributed by atoms with E-state index in [0.717, 1.165) is 0 Å². The molecule has 0 amide bonds. The van der Waals surface area contributed by atoms with Crippen LogP contribution in [-0.2, 0) is 16.7 Å². The van der Waals surface area contributed by atoms with Crippen molar-refractivity contribution < 1.29 is 13.7 Å². The van der Waals surface area contributed by atoms with Gasteiger partial charge in [-0.2, -0.15) is 4.98 Å². The van der Waals surface area contributed by atoms with Gasteiger partial charge in [0.1, 0.15) is 11.4 Å². The lowest BCUT2D eigenvalue weighted by atomic mass is 10.1. The van der Waals surface area contributed by atoms with Crippen LogP contribution in [0.3, 0.4) is 0 Å². The minimum atomic E-state index is -0.828. The van der Waals surface area contributed by atoms with E-state index in [-0.39, 0.29) is 18.8 Å². The zero-order valence-electron chi connectivity index (χ0n) is 10.9. The fraction of sp³-hybridized carbons (Fsp3) is 0.385. The first-order chi connectivity index (χ1) is 9.03. The van der Waals surface area contributed by atoms with E-state index >= 15 is 0 Å². The quantitative estimate of drug-likeness (QED) is 0.889. The van der Waals surface area contributed by atoms with Crippen LogP contribution in [0.15, 0.2) is 28.8 Å². The summed E-state index contributed by atoms with van der Waals surface area (Å²) in [6.07, 6.45) is 0.239. The van der Waals surface area contributed by atoms with Crippen molar-refractivity contribution in [3.05, 3.63) is 47.4 Å². The molecule has 0 spiro atoms. The van der Waals surface area contributed by atoms with Gasteiger partial charge in [0, 0.05) is 7.11 Å². The third-order valence-corrected chi connectivity index (χ3v) is 2.72. The van der Waals surface area contributed by atoms with Crippen LogP contribution in [0.2, 0.25) is 0 Å². The first-order valence-electron chi connectivity index (χ1n) is 5.87. The highest BCUT2D eigenvalue weighted by molar-refractivity contribution is 5.20. The Balaban J connectivity index is 2.16. The second-order valence-electron chi connectivity index (χ2n) is 4.63. The number of aromatic nitrogens is 2. The van der Waals surface area contributed by atoms with Crippen molar-refractivity contribution in [2.24, 2.45) is 5.73 Å². The Hall–Kier alpha value is -1.79. The van der Waals surface area contributed by atoms with Crippen LogP contribution < -0.4 is 5.73 Å². The lowest BCUT2D eigenvalue weighted by Gasteiger charge is -2.18. The highest BCUT2D eigenvalue weighted by Crippen LogP contribution is 2.17. The average molecular weight is 265 g/mol. The summed E-state index contributed by atoms with van der Waals surface area (Å²) in [6, 6.07) is 6.46. The smallest absolute Gasteiger partial charge is 0.231 e. The normalized spacial score (nSPS) is 14.3. The lowest BCUT2D eigenvalue weighted by molar-refractivity contribution is 0.135. The zero-order chi connectivity index (χ0) is 13.9. The summed E-state index contributed by atoms with van der Waals surface area (Å²) in [5.41, 5.74) is 5.68. The third kappa shape index (κ3) is 3.15. The fourth-order valence-corrected chi connectivity index (χ4v) is 1.73. The molecule has 19 heavy (non-hydrogen) atoms. The molecule has 0 aliphatic rings. The molecule has 0 saturated heterocycles. The van der Waals surface area contributed by atoms with E-state index in [1.807, 2.05) is 0 Å². The summed E-state index contributed by atoms with van der Waals surface area (Å²) >= 11 is 0. The Kier molecular flexibility index (Phi) is 3.92. The molecular weight excluding hydrogens is 249 g/mol. The van der Waals surface area contributed by atoms with E-state index in [1.54, 1.807) is 32.2 Å². The Morgan fingerprint density at radius 2 is 2.16 bits per heavy atom. The van der Waals surface area contributed by atoms with Gasteiger partial charge in [-0.25, -0.2) is 4.39 Å². The molecule has 0 saturated carbocycles. The SMILES string of the molecule is COCC(C)(N)c1noc(Cc2ccccc2F)n1. The molecule has 102 valence electrons. The van der Waals surface area contributed by atoms with Crippen LogP contribution in [-0.4, -0.2) is 23.9 Å². The molecule has 2 N–H and O–H groups in total. The molecule has 1 atom stereocenters. The first-order valence-corrected chi connectivity index (χ1v) is 5.87. The van der Waals surface area contributed by atoms with Gasteiger partial charge in [-0.05, 0) is 18.6 Å². The third-order valence-electron chi connectivity index (χ3n) is 2.72. The number of ether oxygens (including phenoxy) is 1. The van der Waals surface area contributed by atoms with Gasteiger partial charge in [-0.1, -0.05) is 23.4 Å². The van der Waals surface area contributed by atoms with Crippen LogP contribution in [0.25, 0.3) is 0 Å². The number of nitrogens with zero attached hydrogens (tertiary/aromatic N) is 2. The molecule has 0 bridgehead atoms. The van der Waals surface area contributed by atoms with Gasteiger partial charge in [-0.15, -0.1) is 0 Å². The molecule has 1 heterocycles. The number of nitrogens with two attached hydrogens (primary N) is 1.